The minimum Gasteiger partial charge on any atom is -0.463 e. The third kappa shape index (κ3) is 4.63. The van der Waals surface area contributed by atoms with Gasteiger partial charge in [-0.2, -0.15) is 0 Å². The number of hydrogen-bond acceptors (Lipinski definition) is 5. The first-order chi connectivity index (χ1) is 10.7. The molecule has 5 heteroatoms. The Balaban J connectivity index is 1.98. The van der Waals surface area contributed by atoms with Crippen molar-refractivity contribution in [1.82, 2.24) is 0 Å². The summed E-state index contributed by atoms with van der Waals surface area (Å²) in [6, 6.07) is 15.8. The fraction of sp³-hybridized carbons (Fsp3) is 0.176. The first-order valence-electron chi connectivity index (χ1n) is 6.84. The highest BCUT2D eigenvalue weighted by Gasteiger charge is 2.11. The van der Waals surface area contributed by atoms with E-state index in [1.165, 1.54) is 0 Å². The van der Waals surface area contributed by atoms with Gasteiger partial charge >= 0.3 is 11.9 Å². The van der Waals surface area contributed by atoms with Crippen LogP contribution >= 0.6 is 0 Å². The Labute approximate surface area is 128 Å². The van der Waals surface area contributed by atoms with E-state index in [2.05, 4.69) is 0 Å². The Morgan fingerprint density at radius 3 is 2.36 bits per heavy atom. The first kappa shape index (κ1) is 15.6. The van der Waals surface area contributed by atoms with Crippen molar-refractivity contribution in [2.24, 2.45) is 0 Å². The van der Waals surface area contributed by atoms with Crippen LogP contribution in [-0.4, -0.2) is 25.2 Å². The van der Waals surface area contributed by atoms with E-state index in [4.69, 9.17) is 14.2 Å². The Morgan fingerprint density at radius 1 is 0.909 bits per heavy atom. The molecular formula is C17H16O5. The number of rotatable bonds is 6. The highest BCUT2D eigenvalue weighted by atomic mass is 16.6. The van der Waals surface area contributed by atoms with Gasteiger partial charge < -0.3 is 14.2 Å². The highest BCUT2D eigenvalue weighted by molar-refractivity contribution is 5.91. The minimum absolute atomic E-state index is 0.247. The highest BCUT2D eigenvalue weighted by Crippen LogP contribution is 2.22. The maximum Gasteiger partial charge on any atom is 0.344 e. The van der Waals surface area contributed by atoms with E-state index in [1.54, 1.807) is 31.2 Å². The van der Waals surface area contributed by atoms with Gasteiger partial charge in [-0.05, 0) is 37.3 Å². The van der Waals surface area contributed by atoms with Gasteiger partial charge in [0.1, 0.15) is 11.5 Å². The molecule has 0 aromatic heterocycles. The van der Waals surface area contributed by atoms with Gasteiger partial charge in [-0.25, -0.2) is 9.59 Å². The van der Waals surface area contributed by atoms with E-state index < -0.39 is 18.5 Å². The van der Waals surface area contributed by atoms with Crippen molar-refractivity contribution in [1.29, 1.82) is 0 Å². The van der Waals surface area contributed by atoms with Gasteiger partial charge in [-0.15, -0.1) is 0 Å². The van der Waals surface area contributed by atoms with E-state index in [1.807, 2.05) is 30.3 Å². The molecule has 2 aromatic rings. The Hall–Kier alpha value is -2.82. The normalized spacial score (nSPS) is 9.86. The summed E-state index contributed by atoms with van der Waals surface area (Å²) in [5.74, 6) is -0.00423. The molecular weight excluding hydrogens is 284 g/mol. The third-order valence-corrected chi connectivity index (χ3v) is 2.68. The standard InChI is InChI=1S/C17H16O5/c1-2-20-16(18)12-21-17(19)13-7-6-10-15(11-13)22-14-8-4-3-5-9-14/h3-11H,2,12H2,1H3. The van der Waals surface area contributed by atoms with Crippen LogP contribution in [0.2, 0.25) is 0 Å². The summed E-state index contributed by atoms with van der Waals surface area (Å²) in [5, 5.41) is 0. The molecule has 0 saturated heterocycles. The summed E-state index contributed by atoms with van der Waals surface area (Å²) in [4.78, 5) is 23.0. The summed E-state index contributed by atoms with van der Waals surface area (Å²) >= 11 is 0. The largest absolute Gasteiger partial charge is 0.463 e. The maximum atomic E-state index is 11.9. The van der Waals surface area contributed by atoms with Gasteiger partial charge in [0.15, 0.2) is 6.61 Å². The van der Waals surface area contributed by atoms with Crippen LogP contribution in [0.4, 0.5) is 0 Å². The van der Waals surface area contributed by atoms with Crippen molar-refractivity contribution in [3.05, 3.63) is 60.2 Å². The molecule has 0 aliphatic heterocycles. The lowest BCUT2D eigenvalue weighted by Crippen LogP contribution is -2.16. The fourth-order valence-corrected chi connectivity index (χ4v) is 1.72. The molecule has 0 aliphatic rings. The van der Waals surface area contributed by atoms with Crippen LogP contribution in [0.3, 0.4) is 0 Å². The van der Waals surface area contributed by atoms with E-state index in [-0.39, 0.29) is 6.61 Å². The minimum atomic E-state index is -0.605. The molecule has 0 radical (unpaired) electrons. The van der Waals surface area contributed by atoms with Crippen molar-refractivity contribution in [3.8, 4) is 11.5 Å². The van der Waals surface area contributed by atoms with E-state index in [0.717, 1.165) is 0 Å². The lowest BCUT2D eigenvalue weighted by Gasteiger charge is -2.08. The lowest BCUT2D eigenvalue weighted by atomic mass is 10.2. The molecule has 2 rings (SSSR count). The zero-order chi connectivity index (χ0) is 15.8. The smallest absolute Gasteiger partial charge is 0.344 e. The second kappa shape index (κ2) is 7.83. The number of para-hydroxylation sites is 1. The van der Waals surface area contributed by atoms with E-state index >= 15 is 0 Å². The van der Waals surface area contributed by atoms with Crippen molar-refractivity contribution >= 4 is 11.9 Å². The summed E-state index contributed by atoms with van der Waals surface area (Å²) in [6.07, 6.45) is 0. The van der Waals surface area contributed by atoms with E-state index in [0.29, 0.717) is 17.1 Å². The SMILES string of the molecule is CCOC(=O)COC(=O)c1cccc(Oc2ccccc2)c1. The topological polar surface area (TPSA) is 61.8 Å². The van der Waals surface area contributed by atoms with Crippen LogP contribution in [0.1, 0.15) is 17.3 Å². The van der Waals surface area contributed by atoms with Crippen LogP contribution in [0.25, 0.3) is 0 Å². The molecule has 0 atom stereocenters. The van der Waals surface area contributed by atoms with Gasteiger partial charge in [0.05, 0.1) is 12.2 Å². The van der Waals surface area contributed by atoms with Crippen LogP contribution in [0.15, 0.2) is 54.6 Å². The monoisotopic (exact) mass is 300 g/mol. The molecule has 0 amide bonds. The molecule has 0 aliphatic carbocycles. The van der Waals surface area contributed by atoms with Gasteiger partial charge in [-0.1, -0.05) is 24.3 Å². The summed E-state index contributed by atoms with van der Waals surface area (Å²) in [6.45, 7) is 1.53. The molecule has 22 heavy (non-hydrogen) atoms. The average molecular weight is 300 g/mol. The van der Waals surface area contributed by atoms with Crippen LogP contribution in [-0.2, 0) is 14.3 Å². The molecule has 0 bridgehead atoms. The number of carbonyl (C=O) groups excluding carboxylic acids is 2. The molecule has 0 spiro atoms. The molecule has 114 valence electrons. The molecule has 0 saturated carbocycles. The number of hydrogen-bond donors (Lipinski definition) is 0. The predicted molar refractivity (Wildman–Crippen MR) is 79.9 cm³/mol. The fourth-order valence-electron chi connectivity index (χ4n) is 1.72. The quantitative estimate of drug-likeness (QED) is 0.767. The zero-order valence-corrected chi connectivity index (χ0v) is 12.2. The second-order valence-electron chi connectivity index (χ2n) is 4.32. The first-order valence-corrected chi connectivity index (χ1v) is 6.84. The van der Waals surface area contributed by atoms with Crippen molar-refractivity contribution < 1.29 is 23.8 Å². The second-order valence-corrected chi connectivity index (χ2v) is 4.32. The van der Waals surface area contributed by atoms with Crippen LogP contribution < -0.4 is 4.74 Å². The molecule has 0 heterocycles. The zero-order valence-electron chi connectivity index (χ0n) is 12.2. The number of esters is 2. The third-order valence-electron chi connectivity index (χ3n) is 2.68. The molecule has 2 aromatic carbocycles. The Kier molecular flexibility index (Phi) is 5.54. The summed E-state index contributed by atoms with van der Waals surface area (Å²) < 4.78 is 15.2. The van der Waals surface area contributed by atoms with Gasteiger partial charge in [-0.3, -0.25) is 0 Å². The van der Waals surface area contributed by atoms with Crippen LogP contribution in [0, 0.1) is 0 Å². The number of benzene rings is 2. The van der Waals surface area contributed by atoms with Crippen molar-refractivity contribution in [2.75, 3.05) is 13.2 Å². The van der Waals surface area contributed by atoms with Gasteiger partial charge in [0, 0.05) is 0 Å². The van der Waals surface area contributed by atoms with Gasteiger partial charge in [0.25, 0.3) is 0 Å². The summed E-state index contributed by atoms with van der Waals surface area (Å²) in [5.41, 5.74) is 0.303. The molecule has 0 N–H and O–H groups in total. The Morgan fingerprint density at radius 2 is 1.64 bits per heavy atom. The Bertz CT molecular complexity index is 637. The number of carbonyl (C=O) groups is 2. The van der Waals surface area contributed by atoms with E-state index in [9.17, 15) is 9.59 Å². The van der Waals surface area contributed by atoms with Crippen molar-refractivity contribution in [2.45, 2.75) is 6.92 Å². The molecule has 0 unspecified atom stereocenters. The van der Waals surface area contributed by atoms with Crippen molar-refractivity contribution in [3.63, 3.8) is 0 Å². The number of ether oxygens (including phenoxy) is 3. The lowest BCUT2D eigenvalue weighted by molar-refractivity contribution is -0.146. The predicted octanol–water partition coefficient (Wildman–Crippen LogP) is 3.20. The molecule has 5 nitrogen and oxygen atoms in total. The average Bonchev–Trinajstić information content (AvgIpc) is 2.54. The van der Waals surface area contributed by atoms with Gasteiger partial charge in [0.2, 0.25) is 0 Å². The van der Waals surface area contributed by atoms with Crippen LogP contribution in [0.5, 0.6) is 11.5 Å². The molecule has 0 fully saturated rings. The summed E-state index contributed by atoms with van der Waals surface area (Å²) in [7, 11) is 0. The maximum absolute atomic E-state index is 11.9.